The molecule has 0 spiro atoms. The van der Waals surface area contributed by atoms with Crippen LogP contribution in [-0.2, 0) is 19.0 Å². The first-order chi connectivity index (χ1) is 6.90. The SMILES string of the molecule is CC1(C)O[C@H]2[C@H](O)[C@H](O)CO[C@@]2(C=O)O1. The van der Waals surface area contributed by atoms with Gasteiger partial charge in [-0.05, 0) is 13.8 Å². The van der Waals surface area contributed by atoms with Crippen molar-refractivity contribution in [2.24, 2.45) is 0 Å². The van der Waals surface area contributed by atoms with Crippen molar-refractivity contribution >= 4 is 6.29 Å². The fraction of sp³-hybridized carbons (Fsp3) is 0.889. The Morgan fingerprint density at radius 3 is 2.67 bits per heavy atom. The summed E-state index contributed by atoms with van der Waals surface area (Å²) in [6.45, 7) is 3.06. The number of aliphatic hydroxyl groups excluding tert-OH is 2. The van der Waals surface area contributed by atoms with Crippen molar-refractivity contribution < 1.29 is 29.2 Å². The van der Waals surface area contributed by atoms with Gasteiger partial charge in [-0.2, -0.15) is 0 Å². The first kappa shape index (κ1) is 11.0. The second kappa shape index (κ2) is 3.23. The molecule has 2 aliphatic heterocycles. The Morgan fingerprint density at radius 2 is 2.07 bits per heavy atom. The molecule has 0 aromatic heterocycles. The van der Waals surface area contributed by atoms with Crippen LogP contribution in [0.5, 0.6) is 0 Å². The van der Waals surface area contributed by atoms with Gasteiger partial charge in [0.2, 0.25) is 0 Å². The van der Waals surface area contributed by atoms with Gasteiger partial charge in [0.15, 0.2) is 18.2 Å². The minimum atomic E-state index is -1.60. The van der Waals surface area contributed by atoms with Crippen molar-refractivity contribution in [3.8, 4) is 0 Å². The van der Waals surface area contributed by atoms with Crippen molar-refractivity contribution in [3.05, 3.63) is 0 Å². The third kappa shape index (κ3) is 1.58. The highest BCUT2D eigenvalue weighted by Crippen LogP contribution is 2.40. The highest BCUT2D eigenvalue weighted by Gasteiger charge is 2.61. The maximum absolute atomic E-state index is 11.0. The minimum Gasteiger partial charge on any atom is -0.388 e. The number of hydrogen-bond acceptors (Lipinski definition) is 6. The second-order valence-electron chi connectivity index (χ2n) is 4.25. The van der Waals surface area contributed by atoms with E-state index in [4.69, 9.17) is 14.2 Å². The fourth-order valence-electron chi connectivity index (χ4n) is 1.91. The van der Waals surface area contributed by atoms with E-state index < -0.39 is 29.9 Å². The van der Waals surface area contributed by atoms with Gasteiger partial charge >= 0.3 is 0 Å². The summed E-state index contributed by atoms with van der Waals surface area (Å²) >= 11 is 0. The van der Waals surface area contributed by atoms with Crippen LogP contribution in [0, 0.1) is 0 Å². The van der Waals surface area contributed by atoms with Crippen LogP contribution in [0.1, 0.15) is 13.8 Å². The Hall–Kier alpha value is -0.530. The Bertz CT molecular complexity index is 278. The molecule has 15 heavy (non-hydrogen) atoms. The normalized spacial score (nSPS) is 48.7. The summed E-state index contributed by atoms with van der Waals surface area (Å²) in [5.41, 5.74) is 0. The molecule has 4 atom stereocenters. The van der Waals surface area contributed by atoms with Crippen molar-refractivity contribution in [1.82, 2.24) is 0 Å². The van der Waals surface area contributed by atoms with Crippen molar-refractivity contribution in [1.29, 1.82) is 0 Å². The lowest BCUT2D eigenvalue weighted by Gasteiger charge is -2.37. The van der Waals surface area contributed by atoms with E-state index in [-0.39, 0.29) is 6.61 Å². The van der Waals surface area contributed by atoms with Gasteiger partial charge in [0.1, 0.15) is 12.2 Å². The van der Waals surface area contributed by atoms with Gasteiger partial charge in [0.25, 0.3) is 5.79 Å². The van der Waals surface area contributed by atoms with Gasteiger partial charge in [-0.3, -0.25) is 4.79 Å². The molecule has 0 aliphatic carbocycles. The largest absolute Gasteiger partial charge is 0.388 e. The lowest BCUT2D eigenvalue weighted by Crippen LogP contribution is -2.60. The molecule has 0 radical (unpaired) electrons. The highest BCUT2D eigenvalue weighted by atomic mass is 16.8. The first-order valence-electron chi connectivity index (χ1n) is 4.75. The van der Waals surface area contributed by atoms with E-state index in [0.717, 1.165) is 0 Å². The topological polar surface area (TPSA) is 85.2 Å². The molecular weight excluding hydrogens is 204 g/mol. The zero-order valence-electron chi connectivity index (χ0n) is 8.54. The van der Waals surface area contributed by atoms with Crippen LogP contribution in [0.2, 0.25) is 0 Å². The lowest BCUT2D eigenvalue weighted by atomic mass is 9.98. The first-order valence-corrected chi connectivity index (χ1v) is 4.75. The molecule has 2 rings (SSSR count). The molecule has 0 aromatic rings. The molecule has 86 valence electrons. The monoisotopic (exact) mass is 218 g/mol. The van der Waals surface area contributed by atoms with E-state index in [1.165, 1.54) is 0 Å². The molecule has 2 aliphatic rings. The van der Waals surface area contributed by atoms with Crippen LogP contribution in [0.25, 0.3) is 0 Å². The zero-order chi connectivity index (χ0) is 11.3. The summed E-state index contributed by atoms with van der Waals surface area (Å²) in [7, 11) is 0. The molecule has 0 saturated carbocycles. The van der Waals surface area contributed by atoms with Crippen molar-refractivity contribution in [3.63, 3.8) is 0 Å². The smallest absolute Gasteiger partial charge is 0.258 e. The molecule has 2 heterocycles. The summed E-state index contributed by atoms with van der Waals surface area (Å²) in [5, 5.41) is 19.1. The standard InChI is InChI=1S/C9H14O6/c1-8(2)14-7-6(12)5(11)3-13-9(7,4-10)15-8/h4-7,11-12H,3H2,1-2H3/t5-,6-,7+,9+/m1/s1. The Balaban J connectivity index is 2.30. The second-order valence-corrected chi connectivity index (χ2v) is 4.25. The molecule has 0 unspecified atom stereocenters. The van der Waals surface area contributed by atoms with Crippen LogP contribution in [-0.4, -0.2) is 53.0 Å². The summed E-state index contributed by atoms with van der Waals surface area (Å²) < 4.78 is 15.8. The quantitative estimate of drug-likeness (QED) is 0.537. The molecule has 6 nitrogen and oxygen atoms in total. The molecule has 6 heteroatoms. The van der Waals surface area contributed by atoms with Gasteiger partial charge < -0.3 is 24.4 Å². The van der Waals surface area contributed by atoms with Gasteiger partial charge in [0, 0.05) is 0 Å². The van der Waals surface area contributed by atoms with Gasteiger partial charge in [-0.25, -0.2) is 0 Å². The average Bonchev–Trinajstić information content (AvgIpc) is 2.45. The van der Waals surface area contributed by atoms with Crippen LogP contribution in [0.3, 0.4) is 0 Å². The van der Waals surface area contributed by atoms with Crippen molar-refractivity contribution in [2.75, 3.05) is 6.61 Å². The summed E-state index contributed by atoms with van der Waals surface area (Å²) in [4.78, 5) is 11.0. The highest BCUT2D eigenvalue weighted by molar-refractivity contribution is 5.62. The van der Waals surface area contributed by atoms with Crippen LogP contribution >= 0.6 is 0 Å². The maximum atomic E-state index is 11.0. The average molecular weight is 218 g/mol. The predicted molar refractivity (Wildman–Crippen MR) is 46.8 cm³/mol. The molecule has 0 aromatic carbocycles. The summed E-state index contributed by atoms with van der Waals surface area (Å²) in [6.07, 6.45) is -2.79. The number of ether oxygens (including phenoxy) is 3. The van der Waals surface area contributed by atoms with Crippen LogP contribution < -0.4 is 0 Å². The zero-order valence-corrected chi connectivity index (χ0v) is 8.54. The molecule has 2 saturated heterocycles. The van der Waals surface area contributed by atoms with E-state index in [2.05, 4.69) is 0 Å². The Morgan fingerprint density at radius 1 is 1.40 bits per heavy atom. The van der Waals surface area contributed by atoms with Gasteiger partial charge in [-0.15, -0.1) is 0 Å². The molecule has 0 amide bonds. The molecule has 0 bridgehead atoms. The Kier molecular flexibility index (Phi) is 2.36. The minimum absolute atomic E-state index is 0.157. The fourth-order valence-corrected chi connectivity index (χ4v) is 1.91. The van der Waals surface area contributed by atoms with Gasteiger partial charge in [-0.1, -0.05) is 0 Å². The van der Waals surface area contributed by atoms with Crippen LogP contribution in [0.4, 0.5) is 0 Å². The summed E-state index contributed by atoms with van der Waals surface area (Å²) in [5.74, 6) is -2.61. The number of aldehydes is 1. The van der Waals surface area contributed by atoms with Crippen LogP contribution in [0.15, 0.2) is 0 Å². The third-order valence-electron chi connectivity index (χ3n) is 2.56. The van der Waals surface area contributed by atoms with E-state index in [0.29, 0.717) is 6.29 Å². The number of fused-ring (bicyclic) bond motifs is 1. The number of carbonyl (C=O) groups is 1. The Labute approximate surface area is 86.7 Å². The van der Waals surface area contributed by atoms with E-state index in [1.807, 2.05) is 0 Å². The molecular formula is C9H14O6. The number of hydrogen-bond donors (Lipinski definition) is 2. The molecule has 2 N–H and O–H groups in total. The number of aliphatic hydroxyl groups is 2. The third-order valence-corrected chi connectivity index (χ3v) is 2.56. The summed E-state index contributed by atoms with van der Waals surface area (Å²) in [6, 6.07) is 0. The molecule has 2 fully saturated rings. The maximum Gasteiger partial charge on any atom is 0.258 e. The van der Waals surface area contributed by atoms with E-state index >= 15 is 0 Å². The van der Waals surface area contributed by atoms with Crippen molar-refractivity contribution in [2.45, 2.75) is 43.7 Å². The lowest BCUT2D eigenvalue weighted by molar-refractivity contribution is -0.269. The number of carbonyl (C=O) groups excluding carboxylic acids is 1. The van der Waals surface area contributed by atoms with Gasteiger partial charge in [0.05, 0.1) is 6.61 Å². The van der Waals surface area contributed by atoms with E-state index in [9.17, 15) is 15.0 Å². The van der Waals surface area contributed by atoms with E-state index in [1.54, 1.807) is 13.8 Å². The number of rotatable bonds is 1. The predicted octanol–water partition coefficient (Wildman–Crippen LogP) is -1.21.